The largest absolute Gasteiger partial charge is 0.491 e. The lowest BCUT2D eigenvalue weighted by atomic mass is 10.0. The molecule has 0 spiro atoms. The summed E-state index contributed by atoms with van der Waals surface area (Å²) in [6, 6.07) is 9.70. The molecule has 1 atom stereocenters. The van der Waals surface area contributed by atoms with E-state index >= 15 is 0 Å². The fraction of sp³-hybridized carbons (Fsp3) is 0.375. The summed E-state index contributed by atoms with van der Waals surface area (Å²) in [6.07, 6.45) is 1.62. The number of ether oxygens (including phenoxy) is 2. The van der Waals surface area contributed by atoms with Crippen LogP contribution in [-0.4, -0.2) is 30.2 Å². The van der Waals surface area contributed by atoms with Crippen LogP contribution in [0.2, 0.25) is 0 Å². The SMILES string of the molecule is CNC(c1cc(OC)ncn1)c1ccccc1OC(C)C. The summed E-state index contributed by atoms with van der Waals surface area (Å²) in [6.45, 7) is 4.03. The minimum absolute atomic E-state index is 0.0863. The maximum atomic E-state index is 5.89. The van der Waals surface area contributed by atoms with E-state index in [-0.39, 0.29) is 12.1 Å². The Bertz CT molecular complexity index is 587. The summed E-state index contributed by atoms with van der Waals surface area (Å²) in [4.78, 5) is 8.39. The Balaban J connectivity index is 2.41. The van der Waals surface area contributed by atoms with E-state index in [0.29, 0.717) is 5.88 Å². The molecule has 1 unspecified atom stereocenters. The van der Waals surface area contributed by atoms with Crippen molar-refractivity contribution in [3.8, 4) is 11.6 Å². The molecular weight excluding hydrogens is 266 g/mol. The first-order valence-electron chi connectivity index (χ1n) is 6.94. The molecule has 21 heavy (non-hydrogen) atoms. The number of methoxy groups -OCH3 is 1. The third kappa shape index (κ3) is 3.70. The summed E-state index contributed by atoms with van der Waals surface area (Å²) in [5.74, 6) is 1.40. The highest BCUT2D eigenvalue weighted by Gasteiger charge is 2.19. The minimum atomic E-state index is -0.0863. The summed E-state index contributed by atoms with van der Waals surface area (Å²) < 4.78 is 11.1. The predicted octanol–water partition coefficient (Wildman–Crippen LogP) is 2.58. The lowest BCUT2D eigenvalue weighted by molar-refractivity contribution is 0.238. The van der Waals surface area contributed by atoms with Gasteiger partial charge in [-0.1, -0.05) is 18.2 Å². The zero-order valence-electron chi connectivity index (χ0n) is 12.8. The van der Waals surface area contributed by atoms with E-state index in [1.54, 1.807) is 7.11 Å². The monoisotopic (exact) mass is 287 g/mol. The van der Waals surface area contributed by atoms with Gasteiger partial charge in [-0.15, -0.1) is 0 Å². The van der Waals surface area contributed by atoms with E-state index < -0.39 is 0 Å². The molecule has 1 N–H and O–H groups in total. The molecule has 0 aliphatic rings. The number of para-hydroxylation sites is 1. The van der Waals surface area contributed by atoms with Crippen LogP contribution in [0.1, 0.15) is 31.1 Å². The quantitative estimate of drug-likeness (QED) is 0.885. The summed E-state index contributed by atoms with van der Waals surface area (Å²) in [5, 5.41) is 3.27. The molecule has 1 aromatic heterocycles. The number of nitrogens with zero attached hydrogens (tertiary/aromatic N) is 2. The van der Waals surface area contributed by atoms with Crippen molar-refractivity contribution < 1.29 is 9.47 Å². The molecule has 0 radical (unpaired) electrons. The standard InChI is InChI=1S/C16H21N3O2/c1-11(2)21-14-8-6-5-7-12(14)16(17-3)13-9-15(20-4)19-10-18-13/h5-11,16-17H,1-4H3. The summed E-state index contributed by atoms with van der Waals surface area (Å²) >= 11 is 0. The normalized spacial score (nSPS) is 12.2. The topological polar surface area (TPSA) is 56.3 Å². The number of nitrogens with one attached hydrogen (secondary N) is 1. The molecule has 0 aliphatic carbocycles. The van der Waals surface area contributed by atoms with Crippen molar-refractivity contribution in [3.05, 3.63) is 47.9 Å². The molecule has 112 valence electrons. The van der Waals surface area contributed by atoms with Crippen molar-refractivity contribution in [1.29, 1.82) is 0 Å². The zero-order chi connectivity index (χ0) is 15.2. The Morgan fingerprint density at radius 2 is 1.90 bits per heavy atom. The Kier molecular flexibility index (Phi) is 5.11. The van der Waals surface area contributed by atoms with Gasteiger partial charge < -0.3 is 14.8 Å². The van der Waals surface area contributed by atoms with Crippen LogP contribution in [0.4, 0.5) is 0 Å². The van der Waals surface area contributed by atoms with Crippen molar-refractivity contribution in [2.45, 2.75) is 26.0 Å². The van der Waals surface area contributed by atoms with Gasteiger partial charge in [0.15, 0.2) is 0 Å². The molecule has 0 aliphatic heterocycles. The molecule has 5 heteroatoms. The lowest BCUT2D eigenvalue weighted by Gasteiger charge is -2.21. The predicted molar refractivity (Wildman–Crippen MR) is 81.7 cm³/mol. The molecule has 0 amide bonds. The second-order valence-corrected chi connectivity index (χ2v) is 4.91. The average molecular weight is 287 g/mol. The molecule has 0 saturated carbocycles. The van der Waals surface area contributed by atoms with Crippen LogP contribution in [0, 0.1) is 0 Å². The Morgan fingerprint density at radius 1 is 1.14 bits per heavy atom. The lowest BCUT2D eigenvalue weighted by Crippen LogP contribution is -2.21. The van der Waals surface area contributed by atoms with Crippen LogP contribution >= 0.6 is 0 Å². The summed E-state index contributed by atoms with van der Waals surface area (Å²) in [5.41, 5.74) is 1.87. The summed E-state index contributed by atoms with van der Waals surface area (Å²) in [7, 11) is 3.49. The van der Waals surface area contributed by atoms with Gasteiger partial charge in [0.25, 0.3) is 0 Å². The average Bonchev–Trinajstić information content (AvgIpc) is 2.49. The molecule has 0 saturated heterocycles. The van der Waals surface area contributed by atoms with Crippen molar-refractivity contribution in [3.63, 3.8) is 0 Å². The maximum absolute atomic E-state index is 5.89. The molecule has 1 aromatic carbocycles. The molecule has 0 bridgehead atoms. The fourth-order valence-corrected chi connectivity index (χ4v) is 2.17. The first-order chi connectivity index (χ1) is 10.2. The number of aromatic nitrogens is 2. The number of hydrogen-bond donors (Lipinski definition) is 1. The second kappa shape index (κ2) is 7.04. The van der Waals surface area contributed by atoms with E-state index in [1.165, 1.54) is 6.33 Å². The number of hydrogen-bond acceptors (Lipinski definition) is 5. The van der Waals surface area contributed by atoms with Crippen LogP contribution in [0.3, 0.4) is 0 Å². The molecule has 2 rings (SSSR count). The molecule has 1 heterocycles. The smallest absolute Gasteiger partial charge is 0.216 e. The van der Waals surface area contributed by atoms with Gasteiger partial charge in [-0.25, -0.2) is 9.97 Å². The Hall–Kier alpha value is -2.14. The van der Waals surface area contributed by atoms with Gasteiger partial charge in [-0.3, -0.25) is 0 Å². The van der Waals surface area contributed by atoms with Gasteiger partial charge in [-0.05, 0) is 27.0 Å². The van der Waals surface area contributed by atoms with Crippen molar-refractivity contribution in [2.75, 3.05) is 14.2 Å². The van der Waals surface area contributed by atoms with Crippen LogP contribution in [-0.2, 0) is 0 Å². The van der Waals surface area contributed by atoms with Gasteiger partial charge in [0, 0.05) is 11.6 Å². The van der Waals surface area contributed by atoms with E-state index in [9.17, 15) is 0 Å². The van der Waals surface area contributed by atoms with Gasteiger partial charge >= 0.3 is 0 Å². The van der Waals surface area contributed by atoms with Crippen LogP contribution < -0.4 is 14.8 Å². The van der Waals surface area contributed by atoms with Gasteiger partial charge in [-0.2, -0.15) is 0 Å². The van der Waals surface area contributed by atoms with Crippen molar-refractivity contribution in [1.82, 2.24) is 15.3 Å². The third-order valence-corrected chi connectivity index (χ3v) is 3.05. The Labute approximate surface area is 125 Å². The van der Waals surface area contributed by atoms with E-state index in [2.05, 4.69) is 15.3 Å². The molecular formula is C16H21N3O2. The minimum Gasteiger partial charge on any atom is -0.491 e. The number of rotatable bonds is 6. The zero-order valence-corrected chi connectivity index (χ0v) is 12.8. The van der Waals surface area contributed by atoms with Gasteiger partial charge in [0.05, 0.1) is 24.9 Å². The van der Waals surface area contributed by atoms with Crippen LogP contribution in [0.5, 0.6) is 11.6 Å². The highest BCUT2D eigenvalue weighted by Crippen LogP contribution is 2.30. The number of benzene rings is 1. The van der Waals surface area contributed by atoms with Gasteiger partial charge in [0.1, 0.15) is 12.1 Å². The van der Waals surface area contributed by atoms with Crippen molar-refractivity contribution in [2.24, 2.45) is 0 Å². The van der Waals surface area contributed by atoms with E-state index in [0.717, 1.165) is 17.0 Å². The fourth-order valence-electron chi connectivity index (χ4n) is 2.17. The van der Waals surface area contributed by atoms with E-state index in [4.69, 9.17) is 9.47 Å². The van der Waals surface area contributed by atoms with E-state index in [1.807, 2.05) is 51.2 Å². The maximum Gasteiger partial charge on any atom is 0.216 e. The van der Waals surface area contributed by atoms with Crippen LogP contribution in [0.15, 0.2) is 36.7 Å². The second-order valence-electron chi connectivity index (χ2n) is 4.91. The van der Waals surface area contributed by atoms with Gasteiger partial charge in [0.2, 0.25) is 5.88 Å². The highest BCUT2D eigenvalue weighted by atomic mass is 16.5. The van der Waals surface area contributed by atoms with Crippen molar-refractivity contribution >= 4 is 0 Å². The van der Waals surface area contributed by atoms with Crippen LogP contribution in [0.25, 0.3) is 0 Å². The third-order valence-electron chi connectivity index (χ3n) is 3.05. The molecule has 5 nitrogen and oxygen atoms in total. The first-order valence-corrected chi connectivity index (χ1v) is 6.94. The molecule has 0 fully saturated rings. The highest BCUT2D eigenvalue weighted by molar-refractivity contribution is 5.40. The first kappa shape index (κ1) is 15.3. The molecule has 2 aromatic rings. The Morgan fingerprint density at radius 3 is 2.57 bits per heavy atom.